The summed E-state index contributed by atoms with van der Waals surface area (Å²) in [6.45, 7) is 1.47. The predicted molar refractivity (Wildman–Crippen MR) is 83.9 cm³/mol. The van der Waals surface area contributed by atoms with Crippen LogP contribution in [-0.2, 0) is 6.54 Å². The van der Waals surface area contributed by atoms with E-state index in [0.29, 0.717) is 6.54 Å². The lowest BCUT2D eigenvalue weighted by Gasteiger charge is -2.35. The minimum atomic E-state index is -0.521. The smallest absolute Gasteiger partial charge is 0.127 e. The molecule has 1 aromatic carbocycles. The summed E-state index contributed by atoms with van der Waals surface area (Å²) in [5, 5.41) is 10.6. The van der Waals surface area contributed by atoms with E-state index in [1.54, 1.807) is 14.2 Å². The zero-order chi connectivity index (χ0) is 15.3. The molecule has 0 spiro atoms. The second-order valence-electron chi connectivity index (χ2n) is 6.14. The highest BCUT2D eigenvalue weighted by molar-refractivity contribution is 5.40. The van der Waals surface area contributed by atoms with Crippen LogP contribution in [0, 0.1) is 0 Å². The molecule has 0 aliphatic heterocycles. The summed E-state index contributed by atoms with van der Waals surface area (Å²) in [6, 6.07) is 5.87. The van der Waals surface area contributed by atoms with Crippen molar-refractivity contribution in [3.63, 3.8) is 0 Å². The number of methoxy groups -OCH3 is 2. The molecule has 0 atom stereocenters. The Morgan fingerprint density at radius 3 is 2.48 bits per heavy atom. The van der Waals surface area contributed by atoms with Crippen LogP contribution in [0.1, 0.15) is 37.7 Å². The van der Waals surface area contributed by atoms with Gasteiger partial charge in [-0.15, -0.1) is 0 Å². The molecule has 4 nitrogen and oxygen atoms in total. The Morgan fingerprint density at radius 1 is 1.14 bits per heavy atom. The van der Waals surface area contributed by atoms with Crippen LogP contribution < -0.4 is 9.47 Å². The van der Waals surface area contributed by atoms with Gasteiger partial charge in [-0.05, 0) is 26.0 Å². The average molecular weight is 293 g/mol. The lowest BCUT2D eigenvalue weighted by Crippen LogP contribution is -2.42. The molecule has 1 saturated carbocycles. The molecule has 0 aromatic heterocycles. The van der Waals surface area contributed by atoms with E-state index in [9.17, 15) is 5.11 Å². The standard InChI is InChI=1S/C17H27NO3/c1-18(13-17(19)9-5-4-6-10-17)12-14-7-8-15(20-2)11-16(14)21-3/h7-8,11,19H,4-6,9-10,12-13H2,1-3H3. The fourth-order valence-electron chi connectivity index (χ4n) is 3.20. The number of likely N-dealkylation sites (N-methyl/N-ethyl adjacent to an activating group) is 1. The lowest BCUT2D eigenvalue weighted by atomic mass is 9.84. The SMILES string of the molecule is COc1ccc(CN(C)CC2(O)CCCCC2)c(OC)c1. The third-order valence-corrected chi connectivity index (χ3v) is 4.28. The number of aliphatic hydroxyl groups is 1. The maximum absolute atomic E-state index is 10.6. The molecular weight excluding hydrogens is 266 g/mol. The summed E-state index contributed by atoms with van der Waals surface area (Å²) in [5.74, 6) is 1.63. The second-order valence-corrected chi connectivity index (χ2v) is 6.14. The van der Waals surface area contributed by atoms with Crippen molar-refractivity contribution in [3.8, 4) is 11.5 Å². The Balaban J connectivity index is 2.00. The van der Waals surface area contributed by atoms with Crippen molar-refractivity contribution in [2.24, 2.45) is 0 Å². The second kappa shape index (κ2) is 7.14. The highest BCUT2D eigenvalue weighted by Gasteiger charge is 2.30. The van der Waals surface area contributed by atoms with Crippen LogP contribution in [0.5, 0.6) is 11.5 Å². The molecule has 1 N–H and O–H groups in total. The largest absolute Gasteiger partial charge is 0.497 e. The topological polar surface area (TPSA) is 41.9 Å². The minimum absolute atomic E-state index is 0.521. The van der Waals surface area contributed by atoms with Crippen molar-refractivity contribution in [1.82, 2.24) is 4.90 Å². The van der Waals surface area contributed by atoms with Crippen molar-refractivity contribution in [2.75, 3.05) is 27.8 Å². The summed E-state index contributed by atoms with van der Waals surface area (Å²) < 4.78 is 10.7. The predicted octanol–water partition coefficient (Wildman–Crippen LogP) is 2.83. The third kappa shape index (κ3) is 4.35. The molecule has 21 heavy (non-hydrogen) atoms. The van der Waals surface area contributed by atoms with Gasteiger partial charge in [-0.3, -0.25) is 4.90 Å². The minimum Gasteiger partial charge on any atom is -0.497 e. The Morgan fingerprint density at radius 2 is 1.86 bits per heavy atom. The summed E-state index contributed by atoms with van der Waals surface area (Å²) in [4.78, 5) is 2.18. The molecule has 1 aromatic rings. The number of rotatable bonds is 6. The lowest BCUT2D eigenvalue weighted by molar-refractivity contribution is -0.0224. The molecular formula is C17H27NO3. The van der Waals surface area contributed by atoms with E-state index >= 15 is 0 Å². The van der Waals surface area contributed by atoms with E-state index in [-0.39, 0.29) is 0 Å². The van der Waals surface area contributed by atoms with E-state index < -0.39 is 5.60 Å². The van der Waals surface area contributed by atoms with Gasteiger partial charge in [0.25, 0.3) is 0 Å². The molecule has 1 aliphatic rings. The average Bonchev–Trinajstić information content (AvgIpc) is 2.47. The summed E-state index contributed by atoms with van der Waals surface area (Å²) in [5.41, 5.74) is 0.590. The Labute approximate surface area is 127 Å². The maximum atomic E-state index is 10.6. The molecule has 0 amide bonds. The van der Waals surface area contributed by atoms with Gasteiger partial charge in [0, 0.05) is 24.7 Å². The van der Waals surface area contributed by atoms with Gasteiger partial charge in [-0.2, -0.15) is 0 Å². The quantitative estimate of drug-likeness (QED) is 0.876. The summed E-state index contributed by atoms with van der Waals surface area (Å²) in [6.07, 6.45) is 5.35. The van der Waals surface area contributed by atoms with E-state index in [4.69, 9.17) is 9.47 Å². The Bertz CT molecular complexity index is 455. The zero-order valence-electron chi connectivity index (χ0n) is 13.4. The number of ether oxygens (including phenoxy) is 2. The molecule has 0 radical (unpaired) electrons. The van der Waals surface area contributed by atoms with Crippen molar-refractivity contribution in [1.29, 1.82) is 0 Å². The number of benzene rings is 1. The Kier molecular flexibility index (Phi) is 5.48. The van der Waals surface area contributed by atoms with Crippen molar-refractivity contribution >= 4 is 0 Å². The zero-order valence-corrected chi connectivity index (χ0v) is 13.4. The van der Waals surface area contributed by atoms with E-state index in [2.05, 4.69) is 11.9 Å². The monoisotopic (exact) mass is 293 g/mol. The van der Waals surface area contributed by atoms with Crippen LogP contribution in [0.2, 0.25) is 0 Å². The van der Waals surface area contributed by atoms with Gasteiger partial charge < -0.3 is 14.6 Å². The van der Waals surface area contributed by atoms with Gasteiger partial charge in [-0.1, -0.05) is 25.3 Å². The fraction of sp³-hybridized carbons (Fsp3) is 0.647. The van der Waals surface area contributed by atoms with Gasteiger partial charge in [0.1, 0.15) is 11.5 Å². The molecule has 1 fully saturated rings. The summed E-state index contributed by atoms with van der Waals surface area (Å²) >= 11 is 0. The maximum Gasteiger partial charge on any atom is 0.127 e. The van der Waals surface area contributed by atoms with Gasteiger partial charge in [0.2, 0.25) is 0 Å². The van der Waals surface area contributed by atoms with Crippen LogP contribution >= 0.6 is 0 Å². The van der Waals surface area contributed by atoms with E-state index in [1.807, 2.05) is 18.2 Å². The first-order valence-electron chi connectivity index (χ1n) is 7.68. The van der Waals surface area contributed by atoms with E-state index in [1.165, 1.54) is 6.42 Å². The van der Waals surface area contributed by atoms with Gasteiger partial charge in [0.05, 0.1) is 19.8 Å². The molecule has 4 heteroatoms. The van der Waals surface area contributed by atoms with Crippen LogP contribution in [0.3, 0.4) is 0 Å². The molecule has 0 saturated heterocycles. The van der Waals surface area contributed by atoms with Crippen LogP contribution in [0.15, 0.2) is 18.2 Å². The van der Waals surface area contributed by atoms with Crippen LogP contribution in [0.4, 0.5) is 0 Å². The molecule has 0 heterocycles. The third-order valence-electron chi connectivity index (χ3n) is 4.28. The normalized spacial score (nSPS) is 17.8. The van der Waals surface area contributed by atoms with E-state index in [0.717, 1.165) is 49.3 Å². The molecule has 0 unspecified atom stereocenters. The van der Waals surface area contributed by atoms with Crippen LogP contribution in [-0.4, -0.2) is 43.4 Å². The van der Waals surface area contributed by atoms with Crippen molar-refractivity contribution in [2.45, 2.75) is 44.2 Å². The number of nitrogens with zero attached hydrogens (tertiary/aromatic N) is 1. The molecule has 0 bridgehead atoms. The van der Waals surface area contributed by atoms with Gasteiger partial charge in [0.15, 0.2) is 0 Å². The Hall–Kier alpha value is -1.26. The first kappa shape index (κ1) is 16.1. The van der Waals surface area contributed by atoms with Crippen LogP contribution in [0.25, 0.3) is 0 Å². The fourth-order valence-corrected chi connectivity index (χ4v) is 3.20. The first-order valence-corrected chi connectivity index (χ1v) is 7.68. The molecule has 2 rings (SSSR count). The summed E-state index contributed by atoms with van der Waals surface area (Å²) in [7, 11) is 5.38. The van der Waals surface area contributed by atoms with Crippen molar-refractivity contribution in [3.05, 3.63) is 23.8 Å². The number of hydrogen-bond acceptors (Lipinski definition) is 4. The first-order chi connectivity index (χ1) is 10.1. The molecule has 118 valence electrons. The number of hydrogen-bond donors (Lipinski definition) is 1. The highest BCUT2D eigenvalue weighted by atomic mass is 16.5. The van der Waals surface area contributed by atoms with Gasteiger partial charge in [-0.25, -0.2) is 0 Å². The molecule has 1 aliphatic carbocycles. The highest BCUT2D eigenvalue weighted by Crippen LogP contribution is 2.30. The van der Waals surface area contributed by atoms with Crippen molar-refractivity contribution < 1.29 is 14.6 Å². The van der Waals surface area contributed by atoms with Gasteiger partial charge >= 0.3 is 0 Å².